The number of hydrogen-bond acceptors (Lipinski definition) is 4. The van der Waals surface area contributed by atoms with Crippen LogP contribution >= 0.6 is 0 Å². The highest BCUT2D eigenvalue weighted by molar-refractivity contribution is 7.92. The van der Waals surface area contributed by atoms with Crippen LogP contribution in [0.25, 0.3) is 11.0 Å². The molecule has 1 amide bonds. The highest BCUT2D eigenvalue weighted by Gasteiger charge is 2.29. The fourth-order valence-corrected chi connectivity index (χ4v) is 5.87. The average molecular weight is 412 g/mol. The molecular weight excluding hydrogens is 386 g/mol. The molecule has 0 aliphatic heterocycles. The number of sulfone groups is 1. The number of aromatic nitrogens is 2. The van der Waals surface area contributed by atoms with Crippen molar-refractivity contribution < 1.29 is 13.2 Å². The number of nitrogens with one attached hydrogen (secondary N) is 2. The van der Waals surface area contributed by atoms with E-state index < -0.39 is 9.84 Å². The van der Waals surface area contributed by atoms with E-state index in [1.807, 2.05) is 48.5 Å². The number of imidazole rings is 1. The molecule has 0 saturated heterocycles. The van der Waals surface area contributed by atoms with Gasteiger partial charge in [0.05, 0.1) is 34.4 Å². The Kier molecular flexibility index (Phi) is 5.67. The third-order valence-corrected chi connectivity index (χ3v) is 7.90. The monoisotopic (exact) mass is 411 g/mol. The molecular formula is C22H25N3O3S. The summed E-state index contributed by atoms with van der Waals surface area (Å²) in [7, 11) is -3.22. The van der Waals surface area contributed by atoms with Crippen molar-refractivity contribution in [2.45, 2.75) is 43.4 Å². The van der Waals surface area contributed by atoms with Gasteiger partial charge in [0.2, 0.25) is 5.91 Å². The first-order valence-corrected chi connectivity index (χ1v) is 11.7. The van der Waals surface area contributed by atoms with Gasteiger partial charge in [-0.05, 0) is 36.1 Å². The number of nitrogens with zero attached hydrogens (tertiary/aromatic N) is 1. The number of aromatic amines is 1. The Morgan fingerprint density at radius 1 is 1.10 bits per heavy atom. The van der Waals surface area contributed by atoms with Crippen LogP contribution in [-0.2, 0) is 14.6 Å². The van der Waals surface area contributed by atoms with Crippen LogP contribution in [0.5, 0.6) is 0 Å². The first-order valence-electron chi connectivity index (χ1n) is 10.0. The van der Waals surface area contributed by atoms with Crippen molar-refractivity contribution in [1.29, 1.82) is 0 Å². The highest BCUT2D eigenvalue weighted by Crippen LogP contribution is 2.27. The van der Waals surface area contributed by atoms with Crippen molar-refractivity contribution in [3.8, 4) is 0 Å². The zero-order valence-corrected chi connectivity index (χ0v) is 17.0. The van der Waals surface area contributed by atoms with E-state index in [0.717, 1.165) is 47.8 Å². The smallest absolute Gasteiger partial charge is 0.221 e. The van der Waals surface area contributed by atoms with Gasteiger partial charge in [-0.2, -0.15) is 0 Å². The van der Waals surface area contributed by atoms with E-state index in [1.165, 1.54) is 0 Å². The fraction of sp³-hybridized carbons (Fsp3) is 0.364. The van der Waals surface area contributed by atoms with Gasteiger partial charge < -0.3 is 10.3 Å². The maximum absolute atomic E-state index is 12.7. The summed E-state index contributed by atoms with van der Waals surface area (Å²) >= 11 is 0. The summed E-state index contributed by atoms with van der Waals surface area (Å²) in [6, 6.07) is 15.1. The molecule has 0 radical (unpaired) electrons. The predicted octanol–water partition coefficient (Wildman–Crippen LogP) is 3.52. The molecule has 1 heterocycles. The zero-order chi connectivity index (χ0) is 20.3. The summed E-state index contributed by atoms with van der Waals surface area (Å²) in [5.74, 6) is -0.352. The van der Waals surface area contributed by atoms with Gasteiger partial charge in [0, 0.05) is 6.42 Å². The van der Waals surface area contributed by atoms with E-state index in [0.29, 0.717) is 0 Å². The standard InChI is InChI=1S/C22H25N3O3S/c26-21(12-13-29(27,28)18-8-4-5-9-18)25-22(16-6-2-1-3-7-16)17-10-11-19-20(14-17)24-15-23-19/h1-3,6-7,10-11,14-15,18,22H,4-5,8-9,12-13H2,(H,23,24)(H,25,26). The molecule has 2 aromatic carbocycles. The maximum Gasteiger partial charge on any atom is 0.221 e. The van der Waals surface area contributed by atoms with Crippen LogP contribution in [0.2, 0.25) is 0 Å². The molecule has 1 aromatic heterocycles. The predicted molar refractivity (Wildman–Crippen MR) is 113 cm³/mol. The second-order valence-corrected chi connectivity index (χ2v) is 10.0. The first-order chi connectivity index (χ1) is 14.0. The van der Waals surface area contributed by atoms with Gasteiger partial charge in [-0.3, -0.25) is 4.79 Å². The summed E-state index contributed by atoms with van der Waals surface area (Å²) in [4.78, 5) is 20.0. The van der Waals surface area contributed by atoms with E-state index in [-0.39, 0.29) is 29.4 Å². The van der Waals surface area contributed by atoms with Crippen LogP contribution in [0.4, 0.5) is 0 Å². The lowest BCUT2D eigenvalue weighted by atomic mass is 9.98. The van der Waals surface area contributed by atoms with Crippen molar-refractivity contribution in [3.05, 3.63) is 66.0 Å². The normalized spacial score (nSPS) is 16.1. The van der Waals surface area contributed by atoms with E-state index >= 15 is 0 Å². The van der Waals surface area contributed by atoms with Crippen molar-refractivity contribution in [3.63, 3.8) is 0 Å². The quantitative estimate of drug-likeness (QED) is 0.622. The second kappa shape index (κ2) is 8.37. The molecule has 3 aromatic rings. The van der Waals surface area contributed by atoms with Gasteiger partial charge in [0.15, 0.2) is 9.84 Å². The molecule has 1 aliphatic carbocycles. The van der Waals surface area contributed by atoms with Crippen LogP contribution < -0.4 is 5.32 Å². The van der Waals surface area contributed by atoms with Crippen molar-refractivity contribution >= 4 is 26.8 Å². The lowest BCUT2D eigenvalue weighted by Crippen LogP contribution is -2.32. The zero-order valence-electron chi connectivity index (χ0n) is 16.2. The molecule has 152 valence electrons. The van der Waals surface area contributed by atoms with Crippen LogP contribution in [0, 0.1) is 0 Å². The first kappa shape index (κ1) is 19.6. The number of carbonyl (C=O) groups excluding carboxylic acids is 1. The summed E-state index contributed by atoms with van der Waals surface area (Å²) < 4.78 is 25.0. The van der Waals surface area contributed by atoms with Gasteiger partial charge in [0.1, 0.15) is 0 Å². The summed E-state index contributed by atoms with van der Waals surface area (Å²) in [5, 5.41) is 2.76. The van der Waals surface area contributed by atoms with Gasteiger partial charge >= 0.3 is 0 Å². The molecule has 7 heteroatoms. The fourth-order valence-electron chi connectivity index (χ4n) is 4.02. The molecule has 29 heavy (non-hydrogen) atoms. The Balaban J connectivity index is 1.51. The third kappa shape index (κ3) is 4.50. The lowest BCUT2D eigenvalue weighted by molar-refractivity contribution is -0.121. The van der Waals surface area contributed by atoms with Gasteiger partial charge in [-0.25, -0.2) is 13.4 Å². The topological polar surface area (TPSA) is 91.9 Å². The minimum Gasteiger partial charge on any atom is -0.345 e. The van der Waals surface area contributed by atoms with Gasteiger partial charge in [0.25, 0.3) is 0 Å². The second-order valence-electron chi connectivity index (χ2n) is 7.61. The Morgan fingerprint density at radius 3 is 2.62 bits per heavy atom. The molecule has 1 unspecified atom stereocenters. The van der Waals surface area contributed by atoms with Gasteiger partial charge in [-0.15, -0.1) is 0 Å². The lowest BCUT2D eigenvalue weighted by Gasteiger charge is -2.20. The highest BCUT2D eigenvalue weighted by atomic mass is 32.2. The molecule has 0 spiro atoms. The van der Waals surface area contributed by atoms with Crippen LogP contribution in [-0.4, -0.2) is 35.3 Å². The van der Waals surface area contributed by atoms with E-state index in [2.05, 4.69) is 15.3 Å². The molecule has 1 saturated carbocycles. The number of amides is 1. The molecule has 4 rings (SSSR count). The summed E-state index contributed by atoms with van der Waals surface area (Å²) in [5.41, 5.74) is 3.61. The minimum atomic E-state index is -3.22. The molecule has 0 bridgehead atoms. The number of carbonyl (C=O) groups is 1. The Morgan fingerprint density at radius 2 is 1.86 bits per heavy atom. The Labute approximate surface area is 170 Å². The number of hydrogen-bond donors (Lipinski definition) is 2. The average Bonchev–Trinajstić information content (AvgIpc) is 3.43. The van der Waals surface area contributed by atoms with Gasteiger partial charge in [-0.1, -0.05) is 49.2 Å². The molecule has 2 N–H and O–H groups in total. The third-order valence-electron chi connectivity index (χ3n) is 5.64. The number of rotatable bonds is 7. The largest absolute Gasteiger partial charge is 0.345 e. The number of fused-ring (bicyclic) bond motifs is 1. The molecule has 1 fully saturated rings. The van der Waals surface area contributed by atoms with Crippen molar-refractivity contribution in [2.24, 2.45) is 0 Å². The van der Waals surface area contributed by atoms with Crippen molar-refractivity contribution in [2.75, 3.05) is 5.75 Å². The van der Waals surface area contributed by atoms with Crippen LogP contribution in [0.1, 0.15) is 49.3 Å². The number of benzene rings is 2. The molecule has 6 nitrogen and oxygen atoms in total. The Hall–Kier alpha value is -2.67. The Bertz CT molecular complexity index is 1090. The summed E-state index contributed by atoms with van der Waals surface area (Å²) in [6.45, 7) is 0. The maximum atomic E-state index is 12.7. The van der Waals surface area contributed by atoms with E-state index in [4.69, 9.17) is 0 Å². The SMILES string of the molecule is O=C(CCS(=O)(=O)C1CCCC1)NC(c1ccccc1)c1ccc2nc[nH]c2c1. The molecule has 1 aliphatic rings. The molecule has 1 atom stereocenters. The summed E-state index contributed by atoms with van der Waals surface area (Å²) in [6.07, 6.45) is 4.99. The van der Waals surface area contributed by atoms with E-state index in [1.54, 1.807) is 6.33 Å². The van der Waals surface area contributed by atoms with Crippen LogP contribution in [0.15, 0.2) is 54.9 Å². The number of H-pyrrole nitrogens is 1. The van der Waals surface area contributed by atoms with E-state index in [9.17, 15) is 13.2 Å². The van der Waals surface area contributed by atoms with Crippen molar-refractivity contribution in [1.82, 2.24) is 15.3 Å². The minimum absolute atomic E-state index is 0.0194. The van der Waals surface area contributed by atoms with Crippen LogP contribution in [0.3, 0.4) is 0 Å².